The predicted molar refractivity (Wildman–Crippen MR) is 122 cm³/mol. The Morgan fingerprint density at radius 2 is 1.81 bits per heavy atom. The lowest BCUT2D eigenvalue weighted by Crippen LogP contribution is -2.44. The molecule has 0 bridgehead atoms. The van der Waals surface area contributed by atoms with Crippen molar-refractivity contribution in [1.29, 1.82) is 0 Å². The Morgan fingerprint density at radius 1 is 1.03 bits per heavy atom. The minimum atomic E-state index is -0.224. The van der Waals surface area contributed by atoms with Gasteiger partial charge in [-0.3, -0.25) is 9.59 Å². The number of carbonyl (C=O) groups excluding carboxylic acids is 2. The molecule has 2 amide bonds. The Hall–Kier alpha value is -3.02. The van der Waals surface area contributed by atoms with Gasteiger partial charge in [-0.15, -0.1) is 0 Å². The summed E-state index contributed by atoms with van der Waals surface area (Å²) in [5.41, 5.74) is 2.53. The lowest BCUT2D eigenvalue weighted by molar-refractivity contribution is -0.135. The van der Waals surface area contributed by atoms with E-state index in [2.05, 4.69) is 0 Å². The molecule has 0 N–H and O–H groups in total. The van der Waals surface area contributed by atoms with Crippen LogP contribution in [0.4, 0.5) is 0 Å². The van der Waals surface area contributed by atoms with Gasteiger partial charge in [-0.05, 0) is 48.2 Å². The highest BCUT2D eigenvalue weighted by Gasteiger charge is 2.44. The smallest absolute Gasteiger partial charge is 0.257 e. The van der Waals surface area contributed by atoms with E-state index in [1.165, 1.54) is 6.42 Å². The van der Waals surface area contributed by atoms with Crippen molar-refractivity contribution < 1.29 is 19.1 Å². The number of fused-ring (bicyclic) bond motifs is 2. The largest absolute Gasteiger partial charge is 0.497 e. The van der Waals surface area contributed by atoms with Crippen LogP contribution < -0.4 is 9.47 Å². The lowest BCUT2D eigenvalue weighted by atomic mass is 9.88. The van der Waals surface area contributed by atoms with E-state index in [4.69, 9.17) is 9.47 Å². The maximum absolute atomic E-state index is 13.2. The molecule has 3 aliphatic rings. The van der Waals surface area contributed by atoms with Crippen molar-refractivity contribution in [3.8, 4) is 22.6 Å². The first kappa shape index (κ1) is 20.9. The van der Waals surface area contributed by atoms with Crippen molar-refractivity contribution in [2.45, 2.75) is 44.2 Å². The van der Waals surface area contributed by atoms with E-state index in [0.717, 1.165) is 42.6 Å². The van der Waals surface area contributed by atoms with E-state index < -0.39 is 0 Å². The van der Waals surface area contributed by atoms with Crippen LogP contribution in [0.25, 0.3) is 11.1 Å². The van der Waals surface area contributed by atoms with Gasteiger partial charge in [0.15, 0.2) is 0 Å². The van der Waals surface area contributed by atoms with Gasteiger partial charge in [-0.25, -0.2) is 0 Å². The van der Waals surface area contributed by atoms with Gasteiger partial charge in [0.2, 0.25) is 5.91 Å². The Balaban J connectivity index is 1.41. The SMILES string of the molecule is COc1cccc(-c2ccc3c(c2)OC2CN(C(=O)C4CCCCC4)CC2N(C)C3=O)c1. The van der Waals surface area contributed by atoms with Crippen LogP contribution in [0, 0.1) is 5.92 Å². The normalized spacial score (nSPS) is 23.2. The van der Waals surface area contributed by atoms with Gasteiger partial charge in [0.25, 0.3) is 5.91 Å². The molecule has 2 aromatic carbocycles. The average molecular weight is 435 g/mol. The molecule has 2 heterocycles. The molecule has 2 atom stereocenters. The fraction of sp³-hybridized carbons (Fsp3) is 0.462. The van der Waals surface area contributed by atoms with Gasteiger partial charge < -0.3 is 19.3 Å². The number of rotatable bonds is 3. The van der Waals surface area contributed by atoms with Crippen LogP contribution >= 0.6 is 0 Å². The summed E-state index contributed by atoms with van der Waals surface area (Å²) >= 11 is 0. The molecule has 6 nitrogen and oxygen atoms in total. The third-order valence-corrected chi connectivity index (χ3v) is 7.21. The van der Waals surface area contributed by atoms with E-state index in [0.29, 0.717) is 24.4 Å². The minimum absolute atomic E-state index is 0.0587. The number of hydrogen-bond acceptors (Lipinski definition) is 4. The number of carbonyl (C=O) groups is 2. The van der Waals surface area contributed by atoms with Crippen molar-refractivity contribution in [3.63, 3.8) is 0 Å². The maximum atomic E-state index is 13.2. The monoisotopic (exact) mass is 434 g/mol. The molecule has 5 rings (SSSR count). The summed E-state index contributed by atoms with van der Waals surface area (Å²) in [7, 11) is 3.47. The van der Waals surface area contributed by atoms with E-state index >= 15 is 0 Å². The second-order valence-electron chi connectivity index (χ2n) is 9.16. The summed E-state index contributed by atoms with van der Waals surface area (Å²) in [5.74, 6) is 1.66. The second-order valence-corrected chi connectivity index (χ2v) is 9.16. The van der Waals surface area contributed by atoms with E-state index in [1.54, 1.807) is 12.0 Å². The van der Waals surface area contributed by atoms with Crippen LogP contribution in [0.5, 0.6) is 11.5 Å². The third kappa shape index (κ3) is 3.72. The molecular weight excluding hydrogens is 404 g/mol. The van der Waals surface area contributed by atoms with Crippen molar-refractivity contribution in [3.05, 3.63) is 48.0 Å². The summed E-state index contributed by atoms with van der Waals surface area (Å²) in [6, 6.07) is 13.4. The zero-order valence-corrected chi connectivity index (χ0v) is 18.8. The number of hydrogen-bond donors (Lipinski definition) is 0. The van der Waals surface area contributed by atoms with E-state index in [1.807, 2.05) is 54.4 Å². The molecule has 168 valence electrons. The Kier molecular flexibility index (Phi) is 5.53. The molecule has 0 radical (unpaired) electrons. The first-order valence-electron chi connectivity index (χ1n) is 11.6. The van der Waals surface area contributed by atoms with Crippen molar-refractivity contribution >= 4 is 11.8 Å². The van der Waals surface area contributed by atoms with Crippen LogP contribution in [0.15, 0.2) is 42.5 Å². The highest BCUT2D eigenvalue weighted by molar-refractivity contribution is 5.98. The number of amides is 2. The number of benzene rings is 2. The molecule has 0 spiro atoms. The molecule has 32 heavy (non-hydrogen) atoms. The minimum Gasteiger partial charge on any atom is -0.497 e. The van der Waals surface area contributed by atoms with Crippen LogP contribution in [-0.2, 0) is 4.79 Å². The highest BCUT2D eigenvalue weighted by Crippen LogP contribution is 2.36. The number of likely N-dealkylation sites (tertiary alicyclic amines) is 1. The Bertz CT molecular complexity index is 1030. The van der Waals surface area contributed by atoms with Crippen molar-refractivity contribution in [1.82, 2.24) is 9.80 Å². The number of methoxy groups -OCH3 is 1. The maximum Gasteiger partial charge on any atom is 0.257 e. The van der Waals surface area contributed by atoms with Crippen molar-refractivity contribution in [2.75, 3.05) is 27.2 Å². The Labute approximate surface area is 189 Å². The summed E-state index contributed by atoms with van der Waals surface area (Å²) in [4.78, 5) is 30.0. The fourth-order valence-corrected chi connectivity index (χ4v) is 5.31. The molecule has 0 aromatic heterocycles. The van der Waals surface area contributed by atoms with Crippen LogP contribution in [0.1, 0.15) is 42.5 Å². The molecule has 2 fully saturated rings. The molecular formula is C26H30N2O4. The zero-order valence-electron chi connectivity index (χ0n) is 18.8. The van der Waals surface area contributed by atoms with E-state index in [9.17, 15) is 9.59 Å². The van der Waals surface area contributed by atoms with Gasteiger partial charge in [0.05, 0.1) is 25.3 Å². The summed E-state index contributed by atoms with van der Waals surface area (Å²) < 4.78 is 11.8. The number of nitrogens with zero attached hydrogens (tertiary/aromatic N) is 2. The standard InChI is InChI=1S/C26H30N2O4/c1-27-22-15-28(25(29)17-7-4-3-5-8-17)16-24(22)32-23-14-19(11-12-21(23)26(27)30)18-9-6-10-20(13-18)31-2/h6,9-14,17,22,24H,3-5,7-8,15-16H2,1-2H3. The molecule has 2 aromatic rings. The molecule has 1 saturated carbocycles. The number of likely N-dealkylation sites (N-methyl/N-ethyl adjacent to an activating group) is 1. The summed E-state index contributed by atoms with van der Waals surface area (Å²) in [6.45, 7) is 1.07. The van der Waals surface area contributed by atoms with Crippen molar-refractivity contribution in [2.24, 2.45) is 5.92 Å². The van der Waals surface area contributed by atoms with Crippen LogP contribution in [-0.4, -0.2) is 61.0 Å². The van der Waals surface area contributed by atoms with E-state index in [-0.39, 0.29) is 29.9 Å². The first-order valence-corrected chi connectivity index (χ1v) is 11.6. The quantitative estimate of drug-likeness (QED) is 0.733. The van der Waals surface area contributed by atoms with Gasteiger partial charge in [-0.2, -0.15) is 0 Å². The molecule has 1 saturated heterocycles. The highest BCUT2D eigenvalue weighted by atomic mass is 16.5. The molecule has 2 aliphatic heterocycles. The van der Waals surface area contributed by atoms with Gasteiger partial charge in [0.1, 0.15) is 17.6 Å². The molecule has 6 heteroatoms. The van der Waals surface area contributed by atoms with Crippen LogP contribution in [0.3, 0.4) is 0 Å². The topological polar surface area (TPSA) is 59.1 Å². The number of ether oxygens (including phenoxy) is 2. The van der Waals surface area contributed by atoms with Gasteiger partial charge >= 0.3 is 0 Å². The van der Waals surface area contributed by atoms with Gasteiger partial charge in [0, 0.05) is 19.5 Å². The van der Waals surface area contributed by atoms with Gasteiger partial charge in [-0.1, -0.05) is 37.5 Å². The zero-order chi connectivity index (χ0) is 22.2. The summed E-state index contributed by atoms with van der Waals surface area (Å²) in [5, 5.41) is 0. The third-order valence-electron chi connectivity index (χ3n) is 7.21. The second kappa shape index (κ2) is 8.49. The van der Waals surface area contributed by atoms with Crippen LogP contribution in [0.2, 0.25) is 0 Å². The first-order chi connectivity index (χ1) is 15.5. The fourth-order valence-electron chi connectivity index (χ4n) is 5.31. The lowest BCUT2D eigenvalue weighted by Gasteiger charge is -2.27. The summed E-state index contributed by atoms with van der Waals surface area (Å²) in [6.07, 6.45) is 5.22. The Morgan fingerprint density at radius 3 is 2.59 bits per heavy atom. The average Bonchev–Trinajstić information content (AvgIpc) is 3.23. The predicted octanol–water partition coefficient (Wildman–Crippen LogP) is 3.99. The molecule has 1 aliphatic carbocycles. The molecule has 2 unspecified atom stereocenters.